The first-order valence-corrected chi connectivity index (χ1v) is 8.39. The Balaban J connectivity index is 2.29. The zero-order chi connectivity index (χ0) is 17.7. The van der Waals surface area contributed by atoms with Crippen LogP contribution in [0.15, 0.2) is 53.4 Å². The second-order valence-corrected chi connectivity index (χ2v) is 6.57. The van der Waals surface area contributed by atoms with Gasteiger partial charge in [0.25, 0.3) is 10.0 Å². The van der Waals surface area contributed by atoms with Crippen LogP contribution in [0.3, 0.4) is 0 Å². The van der Waals surface area contributed by atoms with E-state index in [1.54, 1.807) is 18.2 Å². The molecular formula is C16H16N2O5S. The number of esters is 1. The Hall–Kier alpha value is -2.87. The van der Waals surface area contributed by atoms with Crippen molar-refractivity contribution < 1.29 is 22.7 Å². The minimum absolute atomic E-state index is 0.0738. The predicted molar refractivity (Wildman–Crippen MR) is 89.3 cm³/mol. The van der Waals surface area contributed by atoms with Crippen molar-refractivity contribution in [1.29, 1.82) is 0 Å². The average molecular weight is 348 g/mol. The summed E-state index contributed by atoms with van der Waals surface area (Å²) >= 11 is 0. The van der Waals surface area contributed by atoms with E-state index in [0.29, 0.717) is 5.69 Å². The minimum atomic E-state index is -3.89. The summed E-state index contributed by atoms with van der Waals surface area (Å²) in [6.45, 7) is 1.36. The molecule has 0 spiro atoms. The Kier molecular flexibility index (Phi) is 5.20. The average Bonchev–Trinajstić information content (AvgIpc) is 2.53. The number of nitrogens with one attached hydrogen (secondary N) is 2. The van der Waals surface area contributed by atoms with Crippen molar-refractivity contribution in [3.05, 3.63) is 54.1 Å². The number of hydrogen-bond donors (Lipinski definition) is 2. The van der Waals surface area contributed by atoms with Gasteiger partial charge in [0.2, 0.25) is 5.91 Å². The number of ether oxygens (including phenoxy) is 1. The van der Waals surface area contributed by atoms with Crippen LogP contribution in [0.25, 0.3) is 0 Å². The third-order valence-electron chi connectivity index (χ3n) is 3.00. The number of anilines is 2. The van der Waals surface area contributed by atoms with Gasteiger partial charge < -0.3 is 10.1 Å². The molecule has 0 aromatic heterocycles. The third kappa shape index (κ3) is 4.32. The third-order valence-corrected chi connectivity index (χ3v) is 4.38. The molecule has 2 aromatic carbocycles. The highest BCUT2D eigenvalue weighted by molar-refractivity contribution is 7.92. The molecule has 2 N–H and O–H groups in total. The van der Waals surface area contributed by atoms with E-state index >= 15 is 0 Å². The van der Waals surface area contributed by atoms with Crippen molar-refractivity contribution in [2.45, 2.75) is 11.8 Å². The van der Waals surface area contributed by atoms with Crippen molar-refractivity contribution in [3.63, 3.8) is 0 Å². The topological polar surface area (TPSA) is 102 Å². The smallest absolute Gasteiger partial charge is 0.337 e. The Morgan fingerprint density at radius 3 is 2.33 bits per heavy atom. The molecule has 0 saturated heterocycles. The first-order chi connectivity index (χ1) is 11.3. The van der Waals surface area contributed by atoms with Gasteiger partial charge in [-0.3, -0.25) is 9.52 Å². The fourth-order valence-electron chi connectivity index (χ4n) is 1.99. The zero-order valence-electron chi connectivity index (χ0n) is 13.1. The molecule has 24 heavy (non-hydrogen) atoms. The summed E-state index contributed by atoms with van der Waals surface area (Å²) in [6.07, 6.45) is 0. The molecule has 0 heterocycles. The van der Waals surface area contributed by atoms with Crippen molar-refractivity contribution in [3.8, 4) is 0 Å². The van der Waals surface area contributed by atoms with Crippen molar-refractivity contribution >= 4 is 33.3 Å². The van der Waals surface area contributed by atoms with Gasteiger partial charge in [-0.25, -0.2) is 13.2 Å². The Labute approximate surface area is 139 Å². The predicted octanol–water partition coefficient (Wildman–Crippen LogP) is 2.23. The summed E-state index contributed by atoms with van der Waals surface area (Å²) in [5, 5.41) is 2.57. The molecule has 0 radical (unpaired) electrons. The first-order valence-electron chi connectivity index (χ1n) is 6.90. The Bertz CT molecular complexity index is 878. The maximum absolute atomic E-state index is 12.4. The van der Waals surface area contributed by atoms with Gasteiger partial charge in [0.1, 0.15) is 0 Å². The van der Waals surface area contributed by atoms with Crippen LogP contribution in [0.4, 0.5) is 11.4 Å². The standard InChI is InChI=1S/C16H16N2O5S/c1-11(19)17-13-6-4-7-14(10-13)18-24(21,22)15-8-3-5-12(9-15)16(20)23-2/h3-10,18H,1-2H3,(H,17,19). The van der Waals surface area contributed by atoms with Crippen LogP contribution in [-0.2, 0) is 19.6 Å². The molecule has 0 unspecified atom stereocenters. The van der Waals surface area contributed by atoms with Crippen LogP contribution in [-0.4, -0.2) is 27.4 Å². The van der Waals surface area contributed by atoms with E-state index in [1.807, 2.05) is 0 Å². The normalized spacial score (nSPS) is 10.8. The van der Waals surface area contributed by atoms with Crippen LogP contribution in [0.1, 0.15) is 17.3 Å². The summed E-state index contributed by atoms with van der Waals surface area (Å²) in [7, 11) is -2.68. The lowest BCUT2D eigenvalue weighted by atomic mass is 10.2. The van der Waals surface area contributed by atoms with Crippen LogP contribution in [0, 0.1) is 0 Å². The molecule has 2 aromatic rings. The molecule has 8 heteroatoms. The summed E-state index contributed by atoms with van der Waals surface area (Å²) in [5.41, 5.74) is 0.878. The minimum Gasteiger partial charge on any atom is -0.465 e. The van der Waals surface area contributed by atoms with Gasteiger partial charge >= 0.3 is 5.97 Å². The Morgan fingerprint density at radius 2 is 1.67 bits per heavy atom. The summed E-state index contributed by atoms with van der Waals surface area (Å²) < 4.78 is 31.9. The quantitative estimate of drug-likeness (QED) is 0.807. The van der Waals surface area contributed by atoms with E-state index < -0.39 is 16.0 Å². The maximum atomic E-state index is 12.4. The van der Waals surface area contributed by atoms with E-state index in [9.17, 15) is 18.0 Å². The Morgan fingerprint density at radius 1 is 1.00 bits per heavy atom. The molecule has 126 valence electrons. The molecule has 0 aliphatic heterocycles. The van der Waals surface area contributed by atoms with E-state index in [1.165, 1.54) is 44.4 Å². The number of carbonyl (C=O) groups is 2. The zero-order valence-corrected chi connectivity index (χ0v) is 13.9. The molecule has 7 nitrogen and oxygen atoms in total. The van der Waals surface area contributed by atoms with Gasteiger partial charge in [-0.2, -0.15) is 0 Å². The lowest BCUT2D eigenvalue weighted by Crippen LogP contribution is -2.14. The molecule has 0 aliphatic rings. The van der Waals surface area contributed by atoms with Crippen molar-refractivity contribution in [2.75, 3.05) is 17.1 Å². The largest absolute Gasteiger partial charge is 0.465 e. The van der Waals surface area contributed by atoms with Crippen LogP contribution >= 0.6 is 0 Å². The first kappa shape index (κ1) is 17.5. The molecular weight excluding hydrogens is 332 g/mol. The summed E-state index contributed by atoms with van der Waals surface area (Å²) in [4.78, 5) is 22.5. The van der Waals surface area contributed by atoms with Crippen molar-refractivity contribution in [2.24, 2.45) is 0 Å². The second kappa shape index (κ2) is 7.14. The number of sulfonamides is 1. The van der Waals surface area contributed by atoms with Crippen LogP contribution < -0.4 is 10.0 Å². The monoisotopic (exact) mass is 348 g/mol. The number of carbonyl (C=O) groups excluding carboxylic acids is 2. The van der Waals surface area contributed by atoms with E-state index in [-0.39, 0.29) is 22.1 Å². The highest BCUT2D eigenvalue weighted by Gasteiger charge is 2.17. The molecule has 1 amide bonds. The van der Waals surface area contributed by atoms with Gasteiger partial charge in [0.15, 0.2) is 0 Å². The lowest BCUT2D eigenvalue weighted by Gasteiger charge is -2.10. The van der Waals surface area contributed by atoms with Crippen molar-refractivity contribution in [1.82, 2.24) is 0 Å². The molecule has 0 atom stereocenters. The molecule has 0 bridgehead atoms. The van der Waals surface area contributed by atoms with Gasteiger partial charge in [0, 0.05) is 12.6 Å². The lowest BCUT2D eigenvalue weighted by molar-refractivity contribution is -0.114. The number of amides is 1. The van der Waals surface area contributed by atoms with Gasteiger partial charge in [-0.15, -0.1) is 0 Å². The second-order valence-electron chi connectivity index (χ2n) is 4.89. The molecule has 0 saturated carbocycles. The number of benzene rings is 2. The number of rotatable bonds is 5. The SMILES string of the molecule is COC(=O)c1cccc(S(=O)(=O)Nc2cccc(NC(C)=O)c2)c1. The maximum Gasteiger partial charge on any atom is 0.337 e. The van der Waals surface area contributed by atoms with Gasteiger partial charge in [-0.05, 0) is 36.4 Å². The highest BCUT2D eigenvalue weighted by Crippen LogP contribution is 2.20. The molecule has 0 fully saturated rings. The van der Waals surface area contributed by atoms with Crippen LogP contribution in [0.5, 0.6) is 0 Å². The number of methoxy groups -OCH3 is 1. The number of hydrogen-bond acceptors (Lipinski definition) is 5. The van der Waals surface area contributed by atoms with Gasteiger partial charge in [0.05, 0.1) is 23.3 Å². The summed E-state index contributed by atoms with van der Waals surface area (Å²) in [5.74, 6) is -0.888. The molecule has 2 rings (SSSR count). The van der Waals surface area contributed by atoms with E-state index in [0.717, 1.165) is 0 Å². The van der Waals surface area contributed by atoms with Crippen LogP contribution in [0.2, 0.25) is 0 Å². The fraction of sp³-hybridized carbons (Fsp3) is 0.125. The fourth-order valence-corrected chi connectivity index (χ4v) is 3.08. The highest BCUT2D eigenvalue weighted by atomic mass is 32.2. The summed E-state index contributed by atoms with van der Waals surface area (Å²) in [6, 6.07) is 11.8. The van der Waals surface area contributed by atoms with Gasteiger partial charge in [-0.1, -0.05) is 12.1 Å². The van der Waals surface area contributed by atoms with E-state index in [2.05, 4.69) is 14.8 Å². The molecule has 0 aliphatic carbocycles. The van der Waals surface area contributed by atoms with E-state index in [4.69, 9.17) is 0 Å².